The monoisotopic (exact) mass is 460 g/mol. The van der Waals surface area contributed by atoms with Crippen LogP contribution in [0, 0.1) is 0 Å². The van der Waals surface area contributed by atoms with Crippen molar-refractivity contribution in [1.29, 1.82) is 0 Å². The van der Waals surface area contributed by atoms with Crippen LogP contribution in [0.25, 0.3) is 11.0 Å². The Labute approximate surface area is 199 Å². The number of nitrogens with zero attached hydrogens (tertiary/aromatic N) is 3. The zero-order valence-corrected chi connectivity index (χ0v) is 19.7. The van der Waals surface area contributed by atoms with E-state index in [2.05, 4.69) is 63.1 Å². The maximum Gasteiger partial charge on any atom is 0.115 e. The van der Waals surface area contributed by atoms with Crippen LogP contribution >= 0.6 is 11.6 Å². The molecule has 1 aliphatic heterocycles. The molecule has 1 saturated heterocycles. The Kier molecular flexibility index (Phi) is 5.97. The molecule has 6 heteroatoms. The highest BCUT2D eigenvalue weighted by Gasteiger charge is 2.49. The summed E-state index contributed by atoms with van der Waals surface area (Å²) in [6, 6.07) is 26.5. The van der Waals surface area contributed by atoms with Crippen molar-refractivity contribution >= 4 is 22.6 Å². The summed E-state index contributed by atoms with van der Waals surface area (Å²) in [7, 11) is 0. The van der Waals surface area contributed by atoms with E-state index in [1.807, 2.05) is 55.7 Å². The average Bonchev–Trinajstić information content (AvgIpc) is 3.25. The van der Waals surface area contributed by atoms with E-state index in [4.69, 9.17) is 11.6 Å². The first-order valence-electron chi connectivity index (χ1n) is 11.4. The van der Waals surface area contributed by atoms with E-state index in [9.17, 15) is 5.11 Å². The van der Waals surface area contributed by atoms with E-state index >= 15 is 0 Å². The summed E-state index contributed by atoms with van der Waals surface area (Å²) in [5, 5.41) is 15.6. The number of imidazole rings is 1. The van der Waals surface area contributed by atoms with Crippen LogP contribution in [0.5, 0.6) is 0 Å². The summed E-state index contributed by atoms with van der Waals surface area (Å²) in [4.78, 5) is 7.03. The van der Waals surface area contributed by atoms with Crippen molar-refractivity contribution in [3.8, 4) is 0 Å². The summed E-state index contributed by atoms with van der Waals surface area (Å²) in [5.41, 5.74) is 3.65. The number of benzene rings is 3. The minimum atomic E-state index is -0.629. The minimum absolute atomic E-state index is 0.0709. The van der Waals surface area contributed by atoms with Crippen molar-refractivity contribution in [2.24, 2.45) is 0 Å². The van der Waals surface area contributed by atoms with Crippen LogP contribution in [0.2, 0.25) is 5.02 Å². The molecular weight excluding hydrogens is 432 g/mol. The molecule has 0 spiro atoms. The SMILES string of the molecule is CC(O)C(N1CCNC(c2ccccc2Cl)C1(C)c1ccccc1)n1cnc2ccccc21. The fourth-order valence-electron chi connectivity index (χ4n) is 5.40. The zero-order valence-electron chi connectivity index (χ0n) is 18.9. The number of nitrogens with one attached hydrogen (secondary N) is 1. The van der Waals surface area contributed by atoms with Crippen LogP contribution in [0.4, 0.5) is 0 Å². The summed E-state index contributed by atoms with van der Waals surface area (Å²) >= 11 is 6.72. The Hall–Kier alpha value is -2.70. The van der Waals surface area contributed by atoms with E-state index in [1.165, 1.54) is 0 Å². The number of rotatable bonds is 5. The summed E-state index contributed by atoms with van der Waals surface area (Å²) in [6.07, 6.45) is 0.908. The van der Waals surface area contributed by atoms with E-state index in [0.29, 0.717) is 0 Å². The standard InChI is InChI=1S/C27H29ClN4O/c1-19(33)26(31-18-30-23-14-8-9-15-24(23)31)32-17-16-29-25(21-12-6-7-13-22(21)28)27(32,2)20-10-4-3-5-11-20/h3-15,18-19,25-26,29,33H,16-17H2,1-2H3. The molecule has 0 radical (unpaired) electrons. The molecule has 2 heterocycles. The van der Waals surface area contributed by atoms with Crippen LogP contribution in [-0.4, -0.2) is 38.8 Å². The first kappa shape index (κ1) is 22.1. The van der Waals surface area contributed by atoms with Gasteiger partial charge in [0.2, 0.25) is 0 Å². The maximum absolute atomic E-state index is 11.1. The molecule has 2 N–H and O–H groups in total. The van der Waals surface area contributed by atoms with Crippen molar-refractivity contribution in [2.75, 3.05) is 13.1 Å². The maximum atomic E-state index is 11.1. The average molecular weight is 461 g/mol. The molecule has 5 rings (SSSR count). The number of aromatic nitrogens is 2. The molecule has 4 aromatic rings. The Bertz CT molecular complexity index is 1240. The van der Waals surface area contributed by atoms with E-state index in [1.54, 1.807) is 0 Å². The van der Waals surface area contributed by atoms with Crippen LogP contribution < -0.4 is 5.32 Å². The van der Waals surface area contributed by atoms with Crippen LogP contribution in [0.15, 0.2) is 85.2 Å². The lowest BCUT2D eigenvalue weighted by atomic mass is 9.77. The van der Waals surface area contributed by atoms with E-state index in [0.717, 1.165) is 40.3 Å². The first-order valence-corrected chi connectivity index (χ1v) is 11.8. The lowest BCUT2D eigenvalue weighted by molar-refractivity contribution is -0.0786. The van der Waals surface area contributed by atoms with Gasteiger partial charge in [0.25, 0.3) is 0 Å². The molecule has 33 heavy (non-hydrogen) atoms. The predicted octanol–water partition coefficient (Wildman–Crippen LogP) is 5.13. The molecule has 3 aromatic carbocycles. The van der Waals surface area contributed by atoms with Gasteiger partial charge in [-0.2, -0.15) is 0 Å². The van der Waals surface area contributed by atoms with E-state index in [-0.39, 0.29) is 12.2 Å². The Morgan fingerprint density at radius 2 is 1.73 bits per heavy atom. The molecule has 0 bridgehead atoms. The molecule has 5 nitrogen and oxygen atoms in total. The smallest absolute Gasteiger partial charge is 0.115 e. The highest BCUT2D eigenvalue weighted by molar-refractivity contribution is 6.31. The van der Waals surface area contributed by atoms with Gasteiger partial charge in [-0.3, -0.25) is 4.90 Å². The van der Waals surface area contributed by atoms with Gasteiger partial charge in [0.15, 0.2) is 0 Å². The molecular formula is C27H29ClN4O. The number of hydrogen-bond acceptors (Lipinski definition) is 4. The van der Waals surface area contributed by atoms with Gasteiger partial charge in [0.1, 0.15) is 6.17 Å². The van der Waals surface area contributed by atoms with Gasteiger partial charge in [-0.05, 0) is 43.2 Å². The number of aliphatic hydroxyl groups excluding tert-OH is 1. The summed E-state index contributed by atoms with van der Waals surface area (Å²) in [6.45, 7) is 5.64. The normalized spacial score (nSPS) is 23.5. The quantitative estimate of drug-likeness (QED) is 0.433. The third-order valence-electron chi connectivity index (χ3n) is 6.95. The number of fused-ring (bicyclic) bond motifs is 1. The van der Waals surface area contributed by atoms with Crippen molar-refractivity contribution in [1.82, 2.24) is 19.8 Å². The Balaban J connectivity index is 1.71. The van der Waals surface area contributed by atoms with Crippen LogP contribution in [0.1, 0.15) is 37.2 Å². The Morgan fingerprint density at radius 1 is 1.03 bits per heavy atom. The van der Waals surface area contributed by atoms with Gasteiger partial charge in [-0.25, -0.2) is 4.98 Å². The second-order valence-electron chi connectivity index (χ2n) is 8.91. The molecule has 1 aliphatic rings. The van der Waals surface area contributed by atoms with Crippen LogP contribution in [-0.2, 0) is 5.54 Å². The third kappa shape index (κ3) is 3.75. The van der Waals surface area contributed by atoms with Gasteiger partial charge in [0.05, 0.1) is 35.0 Å². The van der Waals surface area contributed by atoms with Crippen LogP contribution in [0.3, 0.4) is 0 Å². The highest BCUT2D eigenvalue weighted by Crippen LogP contribution is 2.47. The summed E-state index contributed by atoms with van der Waals surface area (Å²) < 4.78 is 2.11. The molecule has 0 saturated carbocycles. The number of halogens is 1. The van der Waals surface area contributed by atoms with Crippen molar-refractivity contribution in [2.45, 2.75) is 37.7 Å². The highest BCUT2D eigenvalue weighted by atomic mass is 35.5. The van der Waals surface area contributed by atoms with Crippen molar-refractivity contribution < 1.29 is 5.11 Å². The third-order valence-corrected chi connectivity index (χ3v) is 7.30. The minimum Gasteiger partial charge on any atom is -0.390 e. The van der Waals surface area contributed by atoms with Crippen molar-refractivity contribution in [3.05, 3.63) is 101 Å². The number of hydrogen-bond donors (Lipinski definition) is 2. The van der Waals surface area contributed by atoms with Gasteiger partial charge in [-0.1, -0.05) is 72.3 Å². The predicted molar refractivity (Wildman–Crippen MR) is 133 cm³/mol. The fraction of sp³-hybridized carbons (Fsp3) is 0.296. The molecule has 0 amide bonds. The number of piperazine rings is 1. The second-order valence-corrected chi connectivity index (χ2v) is 9.32. The van der Waals surface area contributed by atoms with Gasteiger partial charge in [0, 0.05) is 18.1 Å². The molecule has 170 valence electrons. The largest absolute Gasteiger partial charge is 0.390 e. The van der Waals surface area contributed by atoms with Gasteiger partial charge < -0.3 is 15.0 Å². The number of para-hydroxylation sites is 2. The topological polar surface area (TPSA) is 53.3 Å². The first-order chi connectivity index (χ1) is 16.0. The zero-order chi connectivity index (χ0) is 23.0. The lowest BCUT2D eigenvalue weighted by Crippen LogP contribution is -2.62. The molecule has 1 fully saturated rings. The van der Waals surface area contributed by atoms with Gasteiger partial charge in [-0.15, -0.1) is 0 Å². The molecule has 1 aromatic heterocycles. The van der Waals surface area contributed by atoms with Gasteiger partial charge >= 0.3 is 0 Å². The fourth-order valence-corrected chi connectivity index (χ4v) is 5.64. The molecule has 4 atom stereocenters. The molecule has 0 aliphatic carbocycles. The number of aliphatic hydroxyl groups is 1. The van der Waals surface area contributed by atoms with E-state index < -0.39 is 11.6 Å². The van der Waals surface area contributed by atoms with Crippen molar-refractivity contribution in [3.63, 3.8) is 0 Å². The molecule has 4 unspecified atom stereocenters. The summed E-state index contributed by atoms with van der Waals surface area (Å²) in [5.74, 6) is 0. The second kappa shape index (κ2) is 8.92. The lowest BCUT2D eigenvalue weighted by Gasteiger charge is -2.54. The Morgan fingerprint density at radius 3 is 2.48 bits per heavy atom.